The van der Waals surface area contributed by atoms with Crippen molar-refractivity contribution < 1.29 is 9.13 Å². The van der Waals surface area contributed by atoms with Crippen LogP contribution in [-0.4, -0.2) is 30.4 Å². The van der Waals surface area contributed by atoms with Crippen LogP contribution in [0.3, 0.4) is 0 Å². The quantitative estimate of drug-likeness (QED) is 0.866. The van der Waals surface area contributed by atoms with Gasteiger partial charge in [-0.05, 0) is 36.6 Å². The first-order valence-corrected chi connectivity index (χ1v) is 8.35. The van der Waals surface area contributed by atoms with Crippen molar-refractivity contribution in [2.24, 2.45) is 0 Å². The molecule has 1 fully saturated rings. The van der Waals surface area contributed by atoms with Crippen LogP contribution in [0.4, 0.5) is 10.1 Å². The van der Waals surface area contributed by atoms with E-state index in [0.717, 1.165) is 18.8 Å². The number of morpholine rings is 1. The molecule has 0 amide bonds. The maximum absolute atomic E-state index is 15.0. The van der Waals surface area contributed by atoms with Crippen molar-refractivity contribution in [1.29, 1.82) is 0 Å². The summed E-state index contributed by atoms with van der Waals surface area (Å²) < 4.78 is 22.0. The average Bonchev–Trinajstić information content (AvgIpc) is 2.55. The summed E-state index contributed by atoms with van der Waals surface area (Å²) in [7, 11) is 0. The second kappa shape index (κ2) is 6.77. The first-order chi connectivity index (χ1) is 11.5. The number of rotatable bonds is 3. The van der Waals surface area contributed by atoms with Crippen molar-refractivity contribution in [2.75, 3.05) is 24.6 Å². The van der Waals surface area contributed by atoms with Gasteiger partial charge >= 0.3 is 0 Å². The number of ether oxygens (including phenoxy) is 1. The molecule has 1 saturated heterocycles. The van der Waals surface area contributed by atoms with Gasteiger partial charge in [-0.2, -0.15) is 0 Å². The van der Waals surface area contributed by atoms with Gasteiger partial charge in [-0.15, -0.1) is 0 Å². The third kappa shape index (κ3) is 3.22. The molecule has 5 heteroatoms. The SMILES string of the molecule is CC(C)c1cc(N2CCO[C@H](C)C2)cc(-n2ccccc2=O)c1F. The molecule has 1 aromatic carbocycles. The van der Waals surface area contributed by atoms with Crippen LogP contribution in [0.1, 0.15) is 32.3 Å². The number of hydrogen-bond donors (Lipinski definition) is 0. The minimum atomic E-state index is -0.330. The molecule has 0 bridgehead atoms. The van der Waals surface area contributed by atoms with Gasteiger partial charge in [0.05, 0.1) is 18.4 Å². The molecule has 1 atom stereocenters. The van der Waals surface area contributed by atoms with Gasteiger partial charge in [0, 0.05) is 31.0 Å². The van der Waals surface area contributed by atoms with E-state index < -0.39 is 0 Å². The number of hydrogen-bond acceptors (Lipinski definition) is 3. The van der Waals surface area contributed by atoms with E-state index in [1.165, 1.54) is 10.6 Å². The lowest BCUT2D eigenvalue weighted by molar-refractivity contribution is 0.0532. The predicted octanol–water partition coefficient (Wildman–Crippen LogP) is 3.33. The third-order valence-corrected chi connectivity index (χ3v) is 4.38. The number of aromatic nitrogens is 1. The predicted molar refractivity (Wildman–Crippen MR) is 93.7 cm³/mol. The normalized spacial score (nSPS) is 18.2. The summed E-state index contributed by atoms with van der Waals surface area (Å²) >= 11 is 0. The monoisotopic (exact) mass is 330 g/mol. The van der Waals surface area contributed by atoms with Gasteiger partial charge in [-0.3, -0.25) is 9.36 Å². The molecule has 0 N–H and O–H groups in total. The van der Waals surface area contributed by atoms with Crippen LogP contribution in [0.2, 0.25) is 0 Å². The molecule has 2 heterocycles. The summed E-state index contributed by atoms with van der Waals surface area (Å²) in [5, 5.41) is 0. The van der Waals surface area contributed by atoms with E-state index in [-0.39, 0.29) is 23.4 Å². The number of halogens is 1. The van der Waals surface area contributed by atoms with E-state index in [1.807, 2.05) is 26.8 Å². The molecule has 0 radical (unpaired) electrons. The highest BCUT2D eigenvalue weighted by molar-refractivity contribution is 5.58. The summed E-state index contributed by atoms with van der Waals surface area (Å²) in [6.07, 6.45) is 1.74. The van der Waals surface area contributed by atoms with Gasteiger partial charge in [0.1, 0.15) is 0 Å². The Hall–Kier alpha value is -2.14. The molecule has 3 rings (SSSR count). The van der Waals surface area contributed by atoms with E-state index >= 15 is 4.39 Å². The molecule has 0 spiro atoms. The number of anilines is 1. The first-order valence-electron chi connectivity index (χ1n) is 8.35. The molecule has 4 nitrogen and oxygen atoms in total. The summed E-state index contributed by atoms with van der Waals surface area (Å²) in [6.45, 7) is 8.12. The van der Waals surface area contributed by atoms with Gasteiger partial charge < -0.3 is 9.64 Å². The Kier molecular flexibility index (Phi) is 4.71. The van der Waals surface area contributed by atoms with Crippen LogP contribution in [0.25, 0.3) is 5.69 Å². The fraction of sp³-hybridized carbons (Fsp3) is 0.421. The van der Waals surface area contributed by atoms with Crippen LogP contribution in [-0.2, 0) is 4.74 Å². The first kappa shape index (κ1) is 16.7. The fourth-order valence-corrected chi connectivity index (χ4v) is 3.07. The molecule has 0 saturated carbocycles. The molecule has 24 heavy (non-hydrogen) atoms. The average molecular weight is 330 g/mol. The Bertz CT molecular complexity index is 785. The fourth-order valence-electron chi connectivity index (χ4n) is 3.07. The second-order valence-electron chi connectivity index (χ2n) is 6.56. The highest BCUT2D eigenvalue weighted by Gasteiger charge is 2.21. The Morgan fingerprint density at radius 3 is 2.75 bits per heavy atom. The lowest BCUT2D eigenvalue weighted by Crippen LogP contribution is -2.41. The lowest BCUT2D eigenvalue weighted by atomic mass is 10.00. The number of nitrogens with zero attached hydrogens (tertiary/aromatic N) is 2. The van der Waals surface area contributed by atoms with Gasteiger partial charge in [0.2, 0.25) is 0 Å². The van der Waals surface area contributed by atoms with E-state index in [4.69, 9.17) is 4.74 Å². The van der Waals surface area contributed by atoms with E-state index in [9.17, 15) is 4.79 Å². The molecule has 0 aliphatic carbocycles. The molecule has 128 valence electrons. The summed E-state index contributed by atoms with van der Waals surface area (Å²) in [5.74, 6) is -0.301. The number of benzene rings is 1. The van der Waals surface area contributed by atoms with Crippen molar-refractivity contribution >= 4 is 5.69 Å². The zero-order valence-electron chi connectivity index (χ0n) is 14.3. The van der Waals surface area contributed by atoms with Gasteiger partial charge in [0.15, 0.2) is 5.82 Å². The van der Waals surface area contributed by atoms with E-state index in [2.05, 4.69) is 4.90 Å². The Morgan fingerprint density at radius 1 is 1.29 bits per heavy atom. The van der Waals surface area contributed by atoms with Crippen molar-refractivity contribution in [3.8, 4) is 5.69 Å². The molecular formula is C19H23FN2O2. The minimum absolute atomic E-state index is 0.0292. The van der Waals surface area contributed by atoms with Crippen molar-refractivity contribution in [1.82, 2.24) is 4.57 Å². The minimum Gasteiger partial charge on any atom is -0.375 e. The Balaban J connectivity index is 2.14. The summed E-state index contributed by atoms with van der Waals surface area (Å²) in [6, 6.07) is 8.50. The van der Waals surface area contributed by atoms with Crippen LogP contribution in [0.5, 0.6) is 0 Å². The smallest absolute Gasteiger partial charge is 0.255 e. The zero-order chi connectivity index (χ0) is 17.3. The van der Waals surface area contributed by atoms with E-state index in [0.29, 0.717) is 17.9 Å². The van der Waals surface area contributed by atoms with Crippen LogP contribution >= 0.6 is 0 Å². The molecule has 1 aliphatic heterocycles. The largest absolute Gasteiger partial charge is 0.375 e. The molecular weight excluding hydrogens is 307 g/mol. The van der Waals surface area contributed by atoms with Gasteiger partial charge in [0.25, 0.3) is 5.56 Å². The molecule has 0 unspecified atom stereocenters. The second-order valence-corrected chi connectivity index (χ2v) is 6.56. The van der Waals surface area contributed by atoms with Crippen molar-refractivity contribution in [3.63, 3.8) is 0 Å². The molecule has 1 aromatic heterocycles. The topological polar surface area (TPSA) is 34.5 Å². The lowest BCUT2D eigenvalue weighted by Gasteiger charge is -2.33. The van der Waals surface area contributed by atoms with Crippen LogP contribution in [0.15, 0.2) is 41.3 Å². The Labute approximate surface area is 141 Å². The van der Waals surface area contributed by atoms with Gasteiger partial charge in [-0.25, -0.2) is 4.39 Å². The van der Waals surface area contributed by atoms with Crippen molar-refractivity contribution in [3.05, 3.63) is 58.3 Å². The maximum atomic E-state index is 15.0. The third-order valence-electron chi connectivity index (χ3n) is 4.38. The molecule has 1 aliphatic rings. The maximum Gasteiger partial charge on any atom is 0.255 e. The van der Waals surface area contributed by atoms with Crippen molar-refractivity contribution in [2.45, 2.75) is 32.8 Å². The standard InChI is InChI=1S/C19H23FN2O2/c1-13(2)16-10-15(21-8-9-24-14(3)12-21)11-17(19(16)20)22-7-5-4-6-18(22)23/h4-7,10-11,13-14H,8-9,12H2,1-3H3/t14-/m1/s1. The van der Waals surface area contributed by atoms with Crippen LogP contribution in [0, 0.1) is 5.82 Å². The van der Waals surface area contributed by atoms with Gasteiger partial charge in [-0.1, -0.05) is 19.9 Å². The summed E-state index contributed by atoms with van der Waals surface area (Å²) in [4.78, 5) is 14.3. The highest BCUT2D eigenvalue weighted by Crippen LogP contribution is 2.30. The molecule has 2 aromatic rings. The van der Waals surface area contributed by atoms with E-state index in [1.54, 1.807) is 24.4 Å². The Morgan fingerprint density at radius 2 is 2.08 bits per heavy atom. The number of pyridine rings is 1. The summed E-state index contributed by atoms with van der Waals surface area (Å²) in [5.41, 5.74) is 1.62. The highest BCUT2D eigenvalue weighted by atomic mass is 19.1. The zero-order valence-corrected chi connectivity index (χ0v) is 14.3. The van der Waals surface area contributed by atoms with Crippen LogP contribution < -0.4 is 10.5 Å².